The number of fused-ring (bicyclic) bond motifs is 13. The largest absolute Gasteiger partial charge is 0.461 e. The fraction of sp³-hybridized carbons (Fsp3) is 0.214. The first-order valence-corrected chi connectivity index (χ1v) is 19.9. The van der Waals surface area contributed by atoms with Crippen LogP contribution in [0.25, 0.3) is 39.8 Å². The highest BCUT2D eigenvalue weighted by Gasteiger charge is 2.29. The second-order valence-electron chi connectivity index (χ2n) is 14.1. The normalized spacial score (nSPS) is 12.6. The number of esters is 1. The number of carbonyl (C=O) groups excluding carboxylic acids is 2. The van der Waals surface area contributed by atoms with Gasteiger partial charge in [-0.05, 0) is 75.4 Å². The van der Waals surface area contributed by atoms with Crippen LogP contribution in [0.15, 0.2) is 90.7 Å². The maximum Gasteiger partial charge on any atom is 0.358 e. The van der Waals surface area contributed by atoms with Crippen LogP contribution in [0.4, 0.5) is 4.39 Å². The highest BCUT2D eigenvalue weighted by atomic mass is 79.9. The number of hydrogen-bond acceptors (Lipinski definition) is 10. The monoisotopic (exact) mass is 905 g/mol. The van der Waals surface area contributed by atoms with Gasteiger partial charge in [0.2, 0.25) is 0 Å². The van der Waals surface area contributed by atoms with Crippen LogP contribution in [-0.2, 0) is 24.4 Å². The van der Waals surface area contributed by atoms with Gasteiger partial charge in [-0.3, -0.25) is 9.36 Å². The molecule has 3 aromatic carbocycles. The molecule has 0 aliphatic carbocycles. The molecule has 61 heavy (non-hydrogen) atoms. The highest BCUT2D eigenvalue weighted by molar-refractivity contribution is 9.10. The first kappa shape index (κ1) is 41.0. The molecule has 0 atom stereocenters. The minimum absolute atomic E-state index is 0. The van der Waals surface area contributed by atoms with E-state index in [4.69, 9.17) is 16.3 Å². The zero-order valence-corrected chi connectivity index (χ0v) is 34.9. The SMILES string of the molecule is C.CCOC(=O)c1ncn2c1CN(C)C(=O)c1cc(F)ccc1-2.Cc1ncn2c1Cn1ncnc1-c1cc(Br)ccc1-2.Cc1ncn2c1Cn1ncnc1-c1cc(Cl)ccc1-2. The maximum absolute atomic E-state index is 13.5. The lowest BCUT2D eigenvalue weighted by Gasteiger charge is -2.14. The second-order valence-corrected chi connectivity index (χ2v) is 15.4. The predicted molar refractivity (Wildman–Crippen MR) is 228 cm³/mol. The minimum Gasteiger partial charge on any atom is -0.461 e. The number of benzene rings is 3. The van der Waals surface area contributed by atoms with Gasteiger partial charge in [-0.25, -0.2) is 43.5 Å². The van der Waals surface area contributed by atoms with Gasteiger partial charge in [0.15, 0.2) is 17.3 Å². The fourth-order valence-corrected chi connectivity index (χ4v) is 8.00. The van der Waals surface area contributed by atoms with E-state index in [-0.39, 0.29) is 37.7 Å². The van der Waals surface area contributed by atoms with E-state index >= 15 is 0 Å². The quantitative estimate of drug-likeness (QED) is 0.160. The van der Waals surface area contributed by atoms with Crippen molar-refractivity contribution in [2.45, 2.75) is 47.8 Å². The zero-order valence-electron chi connectivity index (χ0n) is 32.6. The lowest BCUT2D eigenvalue weighted by atomic mass is 10.1. The molecular formula is C42H38BrClFN13O3. The first-order valence-electron chi connectivity index (χ1n) is 18.7. The Balaban J connectivity index is 0.000000126. The number of halogens is 3. The third kappa shape index (κ3) is 7.31. The van der Waals surface area contributed by atoms with Gasteiger partial charge in [-0.2, -0.15) is 10.2 Å². The molecule has 0 saturated carbocycles. The summed E-state index contributed by atoms with van der Waals surface area (Å²) < 4.78 is 29.1. The summed E-state index contributed by atoms with van der Waals surface area (Å²) in [6.07, 6.45) is 8.32. The van der Waals surface area contributed by atoms with Gasteiger partial charge >= 0.3 is 5.97 Å². The Morgan fingerprint density at radius 3 is 1.90 bits per heavy atom. The van der Waals surface area contributed by atoms with Crippen LogP contribution in [0.3, 0.4) is 0 Å². The fourth-order valence-electron chi connectivity index (χ4n) is 7.47. The van der Waals surface area contributed by atoms with Gasteiger partial charge in [-0.15, -0.1) is 0 Å². The number of ether oxygens (including phenoxy) is 1. The molecule has 5 aromatic heterocycles. The Labute approximate surface area is 362 Å². The number of rotatable bonds is 2. The van der Waals surface area contributed by atoms with E-state index in [1.54, 1.807) is 31.2 Å². The summed E-state index contributed by atoms with van der Waals surface area (Å²) in [5.41, 5.74) is 9.88. The molecule has 0 unspecified atom stereocenters. The van der Waals surface area contributed by atoms with Crippen LogP contribution in [0.5, 0.6) is 0 Å². The summed E-state index contributed by atoms with van der Waals surface area (Å²) in [7, 11) is 1.59. The Kier molecular flexibility index (Phi) is 11.0. The maximum atomic E-state index is 13.5. The Morgan fingerprint density at radius 1 is 0.738 bits per heavy atom. The lowest BCUT2D eigenvalue weighted by molar-refractivity contribution is 0.0515. The van der Waals surface area contributed by atoms with Crippen molar-refractivity contribution >= 4 is 39.4 Å². The molecule has 0 bridgehead atoms. The molecule has 16 nitrogen and oxygen atoms in total. The van der Waals surface area contributed by atoms with Gasteiger partial charge in [0.05, 0.1) is 90.0 Å². The van der Waals surface area contributed by atoms with Gasteiger partial charge < -0.3 is 18.8 Å². The molecule has 0 saturated heterocycles. The second kappa shape index (κ2) is 16.3. The number of aromatic nitrogens is 12. The number of aryl methyl sites for hydroxylation is 2. The molecule has 19 heteroatoms. The van der Waals surface area contributed by atoms with E-state index < -0.39 is 11.8 Å². The van der Waals surface area contributed by atoms with Crippen molar-refractivity contribution in [1.82, 2.24) is 63.1 Å². The van der Waals surface area contributed by atoms with Crippen LogP contribution in [0.2, 0.25) is 5.02 Å². The third-order valence-electron chi connectivity index (χ3n) is 10.4. The summed E-state index contributed by atoms with van der Waals surface area (Å²) in [4.78, 5) is 47.4. The number of nitrogens with zero attached hydrogens (tertiary/aromatic N) is 13. The van der Waals surface area contributed by atoms with E-state index in [1.807, 2.05) is 60.1 Å². The number of carbonyl (C=O) groups is 2. The molecule has 8 aromatic rings. The standard InChI is InChI=1S/C15H14FN3O3.C13H10BrN5.C13H10ClN5.CH4/c1-3-22-15(21)13-12-7-18(2)14(20)10-6-9(16)4-5-11(10)19(12)8-17-13;2*1-8-12-5-19-13(15-6-17-19)10-4-9(14)2-3-11(10)18(12)7-16-8;/h4-6,8H,3,7H2,1-2H3;2*2-4,6-7H,5H2,1H3;1H4. The molecule has 0 spiro atoms. The van der Waals surface area contributed by atoms with Crippen LogP contribution < -0.4 is 0 Å². The summed E-state index contributed by atoms with van der Waals surface area (Å²) in [5, 5.41) is 9.29. The molecular weight excluding hydrogens is 869 g/mol. The topological polar surface area (TPSA) is 161 Å². The predicted octanol–water partition coefficient (Wildman–Crippen LogP) is 7.43. The average Bonchev–Trinajstić information content (AvgIpc) is 4.08. The number of imidazole rings is 3. The van der Waals surface area contributed by atoms with Crippen LogP contribution in [0, 0.1) is 19.7 Å². The lowest BCUT2D eigenvalue weighted by Crippen LogP contribution is -2.26. The molecule has 310 valence electrons. The molecule has 11 rings (SSSR count). The van der Waals surface area contributed by atoms with Gasteiger partial charge in [0, 0.05) is 27.7 Å². The van der Waals surface area contributed by atoms with Crippen molar-refractivity contribution < 1.29 is 18.7 Å². The number of amides is 1. The molecule has 8 heterocycles. The van der Waals surface area contributed by atoms with E-state index in [9.17, 15) is 14.0 Å². The van der Waals surface area contributed by atoms with Crippen LogP contribution in [-0.4, -0.2) is 88.6 Å². The summed E-state index contributed by atoms with van der Waals surface area (Å²) in [6, 6.07) is 15.9. The van der Waals surface area contributed by atoms with Crippen molar-refractivity contribution in [3.05, 3.63) is 141 Å². The molecule has 3 aliphatic rings. The average molecular weight is 907 g/mol. The van der Waals surface area contributed by atoms with E-state index in [0.717, 1.165) is 61.4 Å². The van der Waals surface area contributed by atoms with E-state index in [2.05, 4.69) is 72.3 Å². The summed E-state index contributed by atoms with van der Waals surface area (Å²) in [6.45, 7) is 7.50. The molecule has 0 N–H and O–H groups in total. The molecule has 3 aliphatic heterocycles. The minimum atomic E-state index is -0.539. The zero-order chi connectivity index (χ0) is 41.8. The van der Waals surface area contributed by atoms with Crippen LogP contribution >= 0.6 is 27.5 Å². The van der Waals surface area contributed by atoms with Crippen molar-refractivity contribution in [2.24, 2.45) is 0 Å². The van der Waals surface area contributed by atoms with Crippen molar-refractivity contribution in [3.8, 4) is 39.8 Å². The highest BCUT2D eigenvalue weighted by Crippen LogP contribution is 2.34. The Morgan fingerprint density at radius 2 is 1.28 bits per heavy atom. The molecule has 1 amide bonds. The Bertz CT molecular complexity index is 2850. The van der Waals surface area contributed by atoms with Gasteiger partial charge in [-0.1, -0.05) is 35.0 Å². The van der Waals surface area contributed by atoms with Gasteiger partial charge in [0.25, 0.3) is 5.91 Å². The van der Waals surface area contributed by atoms with E-state index in [0.29, 0.717) is 29.5 Å². The van der Waals surface area contributed by atoms with Crippen molar-refractivity contribution in [2.75, 3.05) is 13.7 Å². The smallest absolute Gasteiger partial charge is 0.358 e. The molecule has 0 radical (unpaired) electrons. The van der Waals surface area contributed by atoms with Gasteiger partial charge in [0.1, 0.15) is 24.8 Å². The van der Waals surface area contributed by atoms with Crippen LogP contribution in [0.1, 0.15) is 63.7 Å². The summed E-state index contributed by atoms with van der Waals surface area (Å²) in [5.74, 6) is 0.380. The third-order valence-corrected chi connectivity index (χ3v) is 11.1. The van der Waals surface area contributed by atoms with Crippen molar-refractivity contribution in [1.29, 1.82) is 0 Å². The van der Waals surface area contributed by atoms with E-state index in [1.165, 1.54) is 29.4 Å². The first-order chi connectivity index (χ1) is 29.0. The summed E-state index contributed by atoms with van der Waals surface area (Å²) >= 11 is 9.63. The van der Waals surface area contributed by atoms with Crippen molar-refractivity contribution in [3.63, 3.8) is 0 Å². The number of hydrogen-bond donors (Lipinski definition) is 0. The Hall–Kier alpha value is -6.79. The molecule has 0 fully saturated rings.